The summed E-state index contributed by atoms with van der Waals surface area (Å²) in [5.41, 5.74) is 9.40. The number of anilines is 2. The Morgan fingerprint density at radius 2 is 1.83 bits per heavy atom. The number of aliphatic hydroxyl groups excluding tert-OH is 1. The van der Waals surface area contributed by atoms with Gasteiger partial charge in [-0.15, -0.1) is 0 Å². The Morgan fingerprint density at radius 3 is 2.40 bits per heavy atom. The molecule has 2 atom stereocenters. The van der Waals surface area contributed by atoms with Gasteiger partial charge in [-0.2, -0.15) is 0 Å². The molecule has 0 bridgehead atoms. The average Bonchev–Trinajstić information content (AvgIpc) is 3.31. The van der Waals surface area contributed by atoms with Crippen LogP contribution in [0.5, 0.6) is 0 Å². The number of amides is 2. The van der Waals surface area contributed by atoms with E-state index in [2.05, 4.69) is 15.5 Å². The highest BCUT2D eigenvalue weighted by atomic mass is 16.3. The van der Waals surface area contributed by atoms with E-state index < -0.39 is 0 Å². The smallest absolute Gasteiger partial charge is 0.251 e. The fourth-order valence-corrected chi connectivity index (χ4v) is 4.32. The molecule has 8 heteroatoms. The van der Waals surface area contributed by atoms with Crippen LogP contribution in [0.1, 0.15) is 55.1 Å². The summed E-state index contributed by atoms with van der Waals surface area (Å²) in [7, 11) is 0. The van der Waals surface area contributed by atoms with Gasteiger partial charge < -0.3 is 31.8 Å². The lowest BCUT2D eigenvalue weighted by atomic mass is 9.87. The molecule has 0 spiro atoms. The Bertz CT molecular complexity index is 1080. The van der Waals surface area contributed by atoms with Crippen molar-refractivity contribution in [1.82, 2.24) is 5.32 Å². The molecule has 8 nitrogen and oxygen atoms in total. The van der Waals surface area contributed by atoms with Crippen molar-refractivity contribution in [2.75, 3.05) is 29.9 Å². The molecule has 1 aliphatic rings. The summed E-state index contributed by atoms with van der Waals surface area (Å²) in [6.07, 6.45) is 1.64. The molecule has 0 saturated carbocycles. The van der Waals surface area contributed by atoms with Gasteiger partial charge in [-0.25, -0.2) is 0 Å². The molecular formula is C27H37N5O3. The van der Waals surface area contributed by atoms with E-state index in [1.165, 1.54) is 0 Å². The van der Waals surface area contributed by atoms with E-state index >= 15 is 0 Å². The zero-order chi connectivity index (χ0) is 25.8. The molecule has 0 unspecified atom stereocenters. The van der Waals surface area contributed by atoms with Gasteiger partial charge in [-0.3, -0.25) is 9.59 Å². The highest BCUT2D eigenvalue weighted by Crippen LogP contribution is 2.30. The fourth-order valence-electron chi connectivity index (χ4n) is 4.32. The Kier molecular flexibility index (Phi) is 8.30. The summed E-state index contributed by atoms with van der Waals surface area (Å²) >= 11 is 0. The molecule has 1 fully saturated rings. The van der Waals surface area contributed by atoms with Crippen LogP contribution in [-0.4, -0.2) is 54.4 Å². The lowest BCUT2D eigenvalue weighted by molar-refractivity contribution is -0.117. The number of nitrogens with two attached hydrogens (primary N) is 1. The largest absolute Gasteiger partial charge is 0.394 e. The first-order valence-corrected chi connectivity index (χ1v) is 12.0. The quantitative estimate of drug-likeness (QED) is 0.371. The van der Waals surface area contributed by atoms with Crippen molar-refractivity contribution < 1.29 is 14.7 Å². The highest BCUT2D eigenvalue weighted by molar-refractivity contribution is 6.01. The van der Waals surface area contributed by atoms with Crippen molar-refractivity contribution in [2.24, 2.45) is 11.1 Å². The number of aliphatic hydroxyl groups is 1. The van der Waals surface area contributed by atoms with Crippen LogP contribution in [0.4, 0.5) is 11.4 Å². The number of hydrogen-bond acceptors (Lipinski definition) is 6. The molecule has 1 aliphatic heterocycles. The molecule has 0 aromatic heterocycles. The maximum absolute atomic E-state index is 13.1. The van der Waals surface area contributed by atoms with Crippen LogP contribution >= 0.6 is 0 Å². The van der Waals surface area contributed by atoms with Crippen LogP contribution in [0.25, 0.3) is 0 Å². The summed E-state index contributed by atoms with van der Waals surface area (Å²) < 4.78 is 0. The second kappa shape index (κ2) is 11.0. The first kappa shape index (κ1) is 26.4. The Labute approximate surface area is 207 Å². The maximum atomic E-state index is 13.1. The minimum atomic E-state index is -0.350. The summed E-state index contributed by atoms with van der Waals surface area (Å²) in [4.78, 5) is 28.0. The molecule has 6 N–H and O–H groups in total. The van der Waals surface area contributed by atoms with Crippen molar-refractivity contribution in [1.29, 1.82) is 5.41 Å². The molecule has 3 rings (SSSR count). The normalized spacial score (nSPS) is 16.6. The van der Waals surface area contributed by atoms with Gasteiger partial charge in [0.15, 0.2) is 0 Å². The third-order valence-corrected chi connectivity index (χ3v) is 6.56. The lowest BCUT2D eigenvalue weighted by Gasteiger charge is -2.30. The SMILES string of the molecule is Cc1cc(C(=O)N[C@H](CO)C(C)(C)C)ccc1N1CCC[C@H]1C(=O)Nc1ccc(C(=N)CN)cc1. The number of hydrogen-bond donors (Lipinski definition) is 5. The molecule has 35 heavy (non-hydrogen) atoms. The number of benzene rings is 2. The van der Waals surface area contributed by atoms with E-state index in [0.717, 1.165) is 36.2 Å². The minimum absolute atomic E-state index is 0.0821. The van der Waals surface area contributed by atoms with E-state index in [1.54, 1.807) is 30.3 Å². The number of aryl methyl sites for hydroxylation is 1. The zero-order valence-corrected chi connectivity index (χ0v) is 21.0. The molecule has 0 aliphatic carbocycles. The Morgan fingerprint density at radius 1 is 1.17 bits per heavy atom. The second-order valence-corrected chi connectivity index (χ2v) is 10.2. The zero-order valence-electron chi connectivity index (χ0n) is 21.0. The van der Waals surface area contributed by atoms with Crippen molar-refractivity contribution in [3.63, 3.8) is 0 Å². The first-order chi connectivity index (χ1) is 16.5. The average molecular weight is 480 g/mol. The standard InChI is InChI=1S/C27H37N5O3/c1-17-14-19(25(34)31-24(16-33)27(2,3)4)9-12-22(17)32-13-5-6-23(32)26(35)30-20-10-7-18(8-11-20)21(29)15-28/h7-12,14,23-24,29,33H,5-6,13,15-16,28H2,1-4H3,(H,30,35)(H,31,34)/t23-,24+/m0/s1. The first-order valence-electron chi connectivity index (χ1n) is 12.0. The van der Waals surface area contributed by atoms with Gasteiger partial charge >= 0.3 is 0 Å². The predicted octanol–water partition coefficient (Wildman–Crippen LogP) is 3.07. The molecule has 2 amide bonds. The maximum Gasteiger partial charge on any atom is 0.251 e. The van der Waals surface area contributed by atoms with Crippen LogP contribution < -0.4 is 21.3 Å². The fraction of sp³-hybridized carbons (Fsp3) is 0.444. The summed E-state index contributed by atoms with van der Waals surface area (Å²) in [5, 5.41) is 23.4. The van der Waals surface area contributed by atoms with Gasteiger partial charge in [-0.05, 0) is 66.6 Å². The van der Waals surface area contributed by atoms with Crippen LogP contribution in [0, 0.1) is 17.7 Å². The van der Waals surface area contributed by atoms with E-state index in [0.29, 0.717) is 17.0 Å². The number of rotatable bonds is 8. The predicted molar refractivity (Wildman–Crippen MR) is 140 cm³/mol. The third kappa shape index (κ3) is 6.26. The number of nitrogens with zero attached hydrogens (tertiary/aromatic N) is 1. The number of nitrogens with one attached hydrogen (secondary N) is 3. The van der Waals surface area contributed by atoms with Gasteiger partial charge in [0.05, 0.1) is 18.4 Å². The highest BCUT2D eigenvalue weighted by Gasteiger charge is 2.32. The van der Waals surface area contributed by atoms with Crippen LogP contribution in [0.3, 0.4) is 0 Å². The number of carbonyl (C=O) groups is 2. The van der Waals surface area contributed by atoms with Gasteiger partial charge in [0, 0.05) is 30.0 Å². The lowest BCUT2D eigenvalue weighted by Crippen LogP contribution is -2.46. The van der Waals surface area contributed by atoms with E-state index in [9.17, 15) is 14.7 Å². The molecule has 2 aromatic carbocycles. The topological polar surface area (TPSA) is 132 Å². The van der Waals surface area contributed by atoms with Crippen LogP contribution in [0.15, 0.2) is 42.5 Å². The Balaban J connectivity index is 1.71. The van der Waals surface area contributed by atoms with E-state index in [1.807, 2.05) is 39.8 Å². The summed E-state index contributed by atoms with van der Waals surface area (Å²) in [6, 6.07) is 12.0. The molecule has 1 saturated heterocycles. The molecule has 1 heterocycles. The summed E-state index contributed by atoms with van der Waals surface area (Å²) in [5.74, 6) is -0.308. The molecular weight excluding hydrogens is 442 g/mol. The Hall–Kier alpha value is -3.23. The number of carbonyl (C=O) groups excluding carboxylic acids is 2. The van der Waals surface area contributed by atoms with Crippen molar-refractivity contribution in [3.05, 3.63) is 59.2 Å². The monoisotopic (exact) mass is 479 g/mol. The molecule has 2 aromatic rings. The van der Waals surface area contributed by atoms with E-state index in [-0.39, 0.29) is 42.5 Å². The van der Waals surface area contributed by atoms with Crippen molar-refractivity contribution in [3.8, 4) is 0 Å². The van der Waals surface area contributed by atoms with Crippen molar-refractivity contribution >= 4 is 28.9 Å². The molecule has 188 valence electrons. The van der Waals surface area contributed by atoms with Gasteiger partial charge in [0.2, 0.25) is 5.91 Å². The van der Waals surface area contributed by atoms with Crippen molar-refractivity contribution in [2.45, 2.75) is 52.6 Å². The van der Waals surface area contributed by atoms with Gasteiger partial charge in [0.1, 0.15) is 6.04 Å². The van der Waals surface area contributed by atoms with Crippen LogP contribution in [-0.2, 0) is 4.79 Å². The molecule has 0 radical (unpaired) electrons. The van der Waals surface area contributed by atoms with Crippen LogP contribution in [0.2, 0.25) is 0 Å². The second-order valence-electron chi connectivity index (χ2n) is 10.2. The van der Waals surface area contributed by atoms with Gasteiger partial charge in [0.25, 0.3) is 5.91 Å². The minimum Gasteiger partial charge on any atom is -0.394 e. The summed E-state index contributed by atoms with van der Waals surface area (Å²) in [6.45, 7) is 8.66. The van der Waals surface area contributed by atoms with E-state index in [4.69, 9.17) is 11.1 Å². The van der Waals surface area contributed by atoms with Gasteiger partial charge in [-0.1, -0.05) is 32.9 Å². The third-order valence-electron chi connectivity index (χ3n) is 6.56.